The molecule has 0 amide bonds. The number of rotatable bonds is 5. The molecule has 0 bridgehead atoms. The summed E-state index contributed by atoms with van der Waals surface area (Å²) >= 11 is 0. The second-order valence-corrected chi connectivity index (χ2v) is 4.49. The number of nitrogens with zero attached hydrogens (tertiary/aromatic N) is 2. The maximum absolute atomic E-state index is 13.9. The van der Waals surface area contributed by atoms with Gasteiger partial charge in [-0.2, -0.15) is 10.5 Å². The summed E-state index contributed by atoms with van der Waals surface area (Å²) in [6.07, 6.45) is 3.06. The fourth-order valence-corrected chi connectivity index (χ4v) is 1.96. The second kappa shape index (κ2) is 7.28. The molecular weight excluding hydrogens is 273 g/mol. The van der Waals surface area contributed by atoms with Gasteiger partial charge in [0.05, 0.1) is 11.8 Å². The third kappa shape index (κ3) is 3.95. The summed E-state index contributed by atoms with van der Waals surface area (Å²) in [6.45, 7) is 0.968. The number of anilines is 1. The molecule has 1 aromatic rings. The van der Waals surface area contributed by atoms with Crippen molar-refractivity contribution in [3.05, 3.63) is 35.8 Å². The molecule has 1 N–H and O–H groups in total. The number of benzene rings is 1. The number of nitriles is 2. The van der Waals surface area contributed by atoms with Crippen molar-refractivity contribution in [3.63, 3.8) is 0 Å². The Hall–Kier alpha value is -2.57. The Labute approximate surface area is 122 Å². The molecule has 1 aliphatic heterocycles. The molecule has 1 atom stereocenters. The highest BCUT2D eigenvalue weighted by atomic mass is 19.1. The Kier molecular flexibility index (Phi) is 5.14. The molecule has 0 radical (unpaired) electrons. The van der Waals surface area contributed by atoms with E-state index in [9.17, 15) is 4.39 Å². The van der Waals surface area contributed by atoms with Crippen molar-refractivity contribution in [1.82, 2.24) is 0 Å². The molecule has 0 aliphatic carbocycles. The number of hydrogen-bond donors (Lipinski definition) is 1. The molecule has 2 rings (SSSR count). The zero-order valence-electron chi connectivity index (χ0n) is 11.3. The van der Waals surface area contributed by atoms with Crippen LogP contribution in [0, 0.1) is 28.5 Å². The van der Waals surface area contributed by atoms with Crippen molar-refractivity contribution in [3.8, 4) is 17.9 Å². The van der Waals surface area contributed by atoms with E-state index in [1.54, 1.807) is 18.2 Å². The zero-order valence-corrected chi connectivity index (χ0v) is 11.3. The standard InChI is InChI=1S/C15H14FN3O2/c16-13-4-1-5-14(19-9-11(7-17)8-18)15(13)21-10-12-3-2-6-20-12/h1,4-5,9,12,19H,2-3,6,10H2. The predicted octanol–water partition coefficient (Wildman–Crippen LogP) is 2.73. The van der Waals surface area contributed by atoms with Gasteiger partial charge >= 0.3 is 0 Å². The topological polar surface area (TPSA) is 78.1 Å². The van der Waals surface area contributed by atoms with Gasteiger partial charge in [-0.3, -0.25) is 0 Å². The number of halogens is 1. The van der Waals surface area contributed by atoms with Crippen LogP contribution in [0.2, 0.25) is 0 Å². The quantitative estimate of drug-likeness (QED) is 0.842. The largest absolute Gasteiger partial charge is 0.486 e. The second-order valence-electron chi connectivity index (χ2n) is 4.49. The van der Waals surface area contributed by atoms with Crippen LogP contribution in [0.4, 0.5) is 10.1 Å². The average molecular weight is 287 g/mol. The van der Waals surface area contributed by atoms with Crippen LogP contribution in [0.15, 0.2) is 30.0 Å². The summed E-state index contributed by atoms with van der Waals surface area (Å²) in [5.41, 5.74) is 0.250. The summed E-state index contributed by atoms with van der Waals surface area (Å²) in [4.78, 5) is 0. The molecule has 1 aromatic carbocycles. The van der Waals surface area contributed by atoms with E-state index >= 15 is 0 Å². The van der Waals surface area contributed by atoms with E-state index in [-0.39, 0.29) is 24.0 Å². The van der Waals surface area contributed by atoms with Gasteiger partial charge in [-0.05, 0) is 25.0 Å². The van der Waals surface area contributed by atoms with Gasteiger partial charge in [0, 0.05) is 12.8 Å². The summed E-state index contributed by atoms with van der Waals surface area (Å²) in [5.74, 6) is -0.457. The highest BCUT2D eigenvalue weighted by Gasteiger charge is 2.18. The molecule has 21 heavy (non-hydrogen) atoms. The maximum Gasteiger partial charge on any atom is 0.178 e. The van der Waals surface area contributed by atoms with E-state index in [1.807, 2.05) is 0 Å². The smallest absolute Gasteiger partial charge is 0.178 e. The van der Waals surface area contributed by atoms with Gasteiger partial charge < -0.3 is 14.8 Å². The third-order valence-corrected chi connectivity index (χ3v) is 3.02. The lowest BCUT2D eigenvalue weighted by atomic mass is 10.2. The van der Waals surface area contributed by atoms with Gasteiger partial charge in [-0.25, -0.2) is 4.39 Å². The maximum atomic E-state index is 13.9. The van der Waals surface area contributed by atoms with Gasteiger partial charge in [0.15, 0.2) is 11.6 Å². The summed E-state index contributed by atoms with van der Waals surface area (Å²) in [5, 5.41) is 20.1. The molecule has 6 heteroatoms. The fourth-order valence-electron chi connectivity index (χ4n) is 1.96. The van der Waals surface area contributed by atoms with Crippen molar-refractivity contribution in [2.75, 3.05) is 18.5 Å². The molecule has 5 nitrogen and oxygen atoms in total. The zero-order chi connectivity index (χ0) is 15.1. The molecule has 0 aromatic heterocycles. The van der Waals surface area contributed by atoms with Crippen molar-refractivity contribution in [2.45, 2.75) is 18.9 Å². The van der Waals surface area contributed by atoms with Crippen LogP contribution in [0.25, 0.3) is 0 Å². The van der Waals surface area contributed by atoms with Gasteiger partial charge in [-0.15, -0.1) is 0 Å². The summed E-state index contributed by atoms with van der Waals surface area (Å²) < 4.78 is 24.8. The van der Waals surface area contributed by atoms with Gasteiger partial charge in [0.1, 0.15) is 24.3 Å². The monoisotopic (exact) mass is 287 g/mol. The molecule has 1 aliphatic rings. The molecular formula is C15H14FN3O2. The molecule has 1 saturated heterocycles. The van der Waals surface area contributed by atoms with Crippen LogP contribution in [0.3, 0.4) is 0 Å². The Bertz CT molecular complexity index is 594. The molecule has 0 spiro atoms. The number of hydrogen-bond acceptors (Lipinski definition) is 5. The first-order chi connectivity index (χ1) is 10.2. The molecule has 1 unspecified atom stereocenters. The van der Waals surface area contributed by atoms with Crippen molar-refractivity contribution >= 4 is 5.69 Å². The van der Waals surface area contributed by atoms with Gasteiger partial charge in [-0.1, -0.05) is 6.07 Å². The van der Waals surface area contributed by atoms with Crippen LogP contribution in [-0.2, 0) is 4.74 Å². The highest BCUT2D eigenvalue weighted by molar-refractivity contribution is 5.59. The Morgan fingerprint density at radius 3 is 2.95 bits per heavy atom. The Morgan fingerprint density at radius 1 is 1.48 bits per heavy atom. The number of nitrogens with one attached hydrogen (secondary N) is 1. The Balaban J connectivity index is 2.10. The van der Waals surface area contributed by atoms with Crippen LogP contribution < -0.4 is 10.1 Å². The van der Waals surface area contributed by atoms with E-state index in [2.05, 4.69) is 5.32 Å². The molecule has 0 saturated carbocycles. The van der Waals surface area contributed by atoms with Gasteiger partial charge in [0.2, 0.25) is 0 Å². The molecule has 1 fully saturated rings. The minimum Gasteiger partial charge on any atom is -0.486 e. The normalized spacial score (nSPS) is 16.6. The van der Waals surface area contributed by atoms with E-state index in [4.69, 9.17) is 20.0 Å². The SMILES string of the molecule is N#CC(C#N)=CNc1cccc(F)c1OCC1CCCO1. The molecule has 1 heterocycles. The minimum atomic E-state index is -0.512. The lowest BCUT2D eigenvalue weighted by Gasteiger charge is -2.15. The molecule has 108 valence electrons. The third-order valence-electron chi connectivity index (χ3n) is 3.02. The first-order valence-electron chi connectivity index (χ1n) is 6.54. The first kappa shape index (κ1) is 14.8. The van der Waals surface area contributed by atoms with Crippen LogP contribution >= 0.6 is 0 Å². The summed E-state index contributed by atoms with van der Waals surface area (Å²) in [7, 11) is 0. The van der Waals surface area contributed by atoms with E-state index < -0.39 is 5.82 Å². The Morgan fingerprint density at radius 2 is 2.29 bits per heavy atom. The number of para-hydroxylation sites is 1. The first-order valence-corrected chi connectivity index (χ1v) is 6.54. The van der Waals surface area contributed by atoms with Crippen molar-refractivity contribution < 1.29 is 13.9 Å². The highest BCUT2D eigenvalue weighted by Crippen LogP contribution is 2.28. The number of allylic oxidation sites excluding steroid dienone is 1. The lowest BCUT2D eigenvalue weighted by molar-refractivity contribution is 0.0668. The van der Waals surface area contributed by atoms with E-state index in [0.717, 1.165) is 12.8 Å². The van der Waals surface area contributed by atoms with E-state index in [1.165, 1.54) is 18.3 Å². The van der Waals surface area contributed by atoms with Crippen LogP contribution in [-0.4, -0.2) is 19.3 Å². The van der Waals surface area contributed by atoms with Crippen LogP contribution in [0.5, 0.6) is 5.75 Å². The minimum absolute atomic E-state index is 0.0261. The van der Waals surface area contributed by atoms with E-state index in [0.29, 0.717) is 12.3 Å². The van der Waals surface area contributed by atoms with Crippen molar-refractivity contribution in [2.24, 2.45) is 0 Å². The van der Waals surface area contributed by atoms with Crippen LogP contribution in [0.1, 0.15) is 12.8 Å². The fraction of sp³-hybridized carbons (Fsp3) is 0.333. The predicted molar refractivity (Wildman–Crippen MR) is 73.8 cm³/mol. The number of ether oxygens (including phenoxy) is 2. The van der Waals surface area contributed by atoms with Gasteiger partial charge in [0.25, 0.3) is 0 Å². The average Bonchev–Trinajstić information content (AvgIpc) is 3.01. The van der Waals surface area contributed by atoms with Crippen molar-refractivity contribution in [1.29, 1.82) is 10.5 Å². The summed E-state index contributed by atoms with van der Waals surface area (Å²) in [6, 6.07) is 7.84. The lowest BCUT2D eigenvalue weighted by Crippen LogP contribution is -2.17.